The first-order chi connectivity index (χ1) is 9.65. The highest BCUT2D eigenvalue weighted by Crippen LogP contribution is 2.14. The minimum atomic E-state index is -1.14. The predicted octanol–water partition coefficient (Wildman–Crippen LogP) is 2.92. The molecule has 0 spiro atoms. The first-order valence-corrected chi connectivity index (χ1v) is 6.33. The molecule has 1 unspecified atom stereocenters. The number of hydrogen-bond donors (Lipinski definition) is 1. The van der Waals surface area contributed by atoms with Gasteiger partial charge in [0, 0.05) is 11.6 Å². The zero-order valence-electron chi connectivity index (χ0n) is 11.2. The summed E-state index contributed by atoms with van der Waals surface area (Å²) >= 11 is 0. The number of carbonyl (C=O) groups is 1. The Morgan fingerprint density at radius 1 is 1.05 bits per heavy atom. The number of esters is 1. The van der Waals surface area contributed by atoms with Crippen LogP contribution in [0.5, 0.6) is 0 Å². The van der Waals surface area contributed by atoms with Crippen LogP contribution in [0.2, 0.25) is 0 Å². The molecule has 1 atom stereocenters. The smallest absolute Gasteiger partial charge is 0.333 e. The van der Waals surface area contributed by atoms with Crippen molar-refractivity contribution in [3.05, 3.63) is 77.4 Å². The van der Waals surface area contributed by atoms with Crippen molar-refractivity contribution < 1.29 is 14.6 Å². The Morgan fingerprint density at radius 2 is 1.70 bits per heavy atom. The maximum Gasteiger partial charge on any atom is 0.333 e. The van der Waals surface area contributed by atoms with Crippen LogP contribution in [-0.4, -0.2) is 17.4 Å². The number of aryl methyl sites for hydroxylation is 1. The van der Waals surface area contributed by atoms with E-state index in [1.165, 1.54) is 11.6 Å². The minimum Gasteiger partial charge on any atom is -0.428 e. The van der Waals surface area contributed by atoms with Crippen molar-refractivity contribution in [1.82, 2.24) is 0 Å². The van der Waals surface area contributed by atoms with Gasteiger partial charge in [-0.05, 0) is 12.5 Å². The Kier molecular flexibility index (Phi) is 4.69. The standard InChI is InChI=1S/C17H16O3/c1-13-8-10-14(11-9-13)6-4-2-3-5-7-15-12-16(18)20-17(15)19/h2-12,17,19H,1H3. The van der Waals surface area contributed by atoms with Crippen LogP contribution in [0.1, 0.15) is 11.1 Å². The first-order valence-electron chi connectivity index (χ1n) is 6.33. The molecule has 102 valence electrons. The van der Waals surface area contributed by atoms with Crippen LogP contribution in [0.25, 0.3) is 6.08 Å². The van der Waals surface area contributed by atoms with E-state index in [0.29, 0.717) is 5.57 Å². The lowest BCUT2D eigenvalue weighted by molar-refractivity contribution is -0.150. The molecule has 0 aliphatic carbocycles. The van der Waals surface area contributed by atoms with Crippen LogP contribution in [0, 0.1) is 6.92 Å². The van der Waals surface area contributed by atoms with E-state index in [1.807, 2.05) is 24.3 Å². The summed E-state index contributed by atoms with van der Waals surface area (Å²) in [5.41, 5.74) is 2.83. The van der Waals surface area contributed by atoms with Crippen molar-refractivity contribution >= 4 is 12.0 Å². The molecule has 3 heteroatoms. The molecule has 0 bridgehead atoms. The van der Waals surface area contributed by atoms with Crippen molar-refractivity contribution in [3.63, 3.8) is 0 Å². The number of aliphatic hydroxyl groups excluding tert-OH is 1. The molecule has 1 aliphatic heterocycles. The highest BCUT2D eigenvalue weighted by molar-refractivity contribution is 5.86. The van der Waals surface area contributed by atoms with Gasteiger partial charge < -0.3 is 9.84 Å². The summed E-state index contributed by atoms with van der Waals surface area (Å²) in [6.07, 6.45) is 11.1. The SMILES string of the molecule is Cc1ccc(C=CC=CC=CC2=CC(=O)OC2O)cc1. The van der Waals surface area contributed by atoms with Gasteiger partial charge in [-0.25, -0.2) is 4.79 Å². The largest absolute Gasteiger partial charge is 0.428 e. The molecule has 2 rings (SSSR count). The fourth-order valence-corrected chi connectivity index (χ4v) is 1.69. The van der Waals surface area contributed by atoms with Gasteiger partial charge in [-0.2, -0.15) is 0 Å². The summed E-state index contributed by atoms with van der Waals surface area (Å²) in [6.45, 7) is 2.05. The van der Waals surface area contributed by atoms with Crippen LogP contribution in [0.3, 0.4) is 0 Å². The normalized spacial score (nSPS) is 19.2. The van der Waals surface area contributed by atoms with Gasteiger partial charge in [0.2, 0.25) is 6.29 Å². The van der Waals surface area contributed by atoms with Crippen molar-refractivity contribution in [1.29, 1.82) is 0 Å². The van der Waals surface area contributed by atoms with Gasteiger partial charge in [0.05, 0.1) is 0 Å². The Balaban J connectivity index is 1.86. The minimum absolute atomic E-state index is 0.460. The van der Waals surface area contributed by atoms with Gasteiger partial charge in [-0.3, -0.25) is 0 Å². The van der Waals surface area contributed by atoms with Gasteiger partial charge in [0.25, 0.3) is 0 Å². The number of ether oxygens (including phenoxy) is 1. The number of benzene rings is 1. The van der Waals surface area contributed by atoms with Crippen LogP contribution in [-0.2, 0) is 9.53 Å². The maximum atomic E-state index is 10.9. The zero-order valence-corrected chi connectivity index (χ0v) is 11.2. The molecule has 0 radical (unpaired) electrons. The molecule has 0 saturated carbocycles. The summed E-state index contributed by atoms with van der Waals surface area (Å²) < 4.78 is 4.55. The number of aliphatic hydroxyl groups is 1. The Bertz CT molecular complexity index is 589. The molecular formula is C17H16O3. The summed E-state index contributed by atoms with van der Waals surface area (Å²) in [4.78, 5) is 10.9. The lowest BCUT2D eigenvalue weighted by atomic mass is 10.1. The molecule has 3 nitrogen and oxygen atoms in total. The summed E-state index contributed by atoms with van der Waals surface area (Å²) in [5.74, 6) is -0.514. The number of hydrogen-bond acceptors (Lipinski definition) is 3. The topological polar surface area (TPSA) is 46.5 Å². The average Bonchev–Trinajstić information content (AvgIpc) is 2.74. The third-order valence-corrected chi connectivity index (χ3v) is 2.79. The highest BCUT2D eigenvalue weighted by Gasteiger charge is 2.20. The van der Waals surface area contributed by atoms with Crippen LogP contribution in [0.15, 0.2) is 66.3 Å². The van der Waals surface area contributed by atoms with Crippen molar-refractivity contribution in [2.45, 2.75) is 13.2 Å². The number of rotatable bonds is 4. The van der Waals surface area contributed by atoms with E-state index >= 15 is 0 Å². The van der Waals surface area contributed by atoms with Crippen LogP contribution >= 0.6 is 0 Å². The van der Waals surface area contributed by atoms with Gasteiger partial charge in [-0.15, -0.1) is 0 Å². The lowest BCUT2D eigenvalue weighted by Crippen LogP contribution is -2.08. The monoisotopic (exact) mass is 268 g/mol. The van der Waals surface area contributed by atoms with Gasteiger partial charge in [-0.1, -0.05) is 66.3 Å². The number of carbonyl (C=O) groups excluding carboxylic acids is 1. The average molecular weight is 268 g/mol. The third-order valence-electron chi connectivity index (χ3n) is 2.79. The second kappa shape index (κ2) is 6.68. The molecule has 0 saturated heterocycles. The highest BCUT2D eigenvalue weighted by atomic mass is 16.6. The fraction of sp³-hybridized carbons (Fsp3) is 0.118. The van der Waals surface area contributed by atoms with E-state index in [2.05, 4.69) is 35.9 Å². The second-order valence-electron chi connectivity index (χ2n) is 4.45. The third kappa shape index (κ3) is 4.07. The maximum absolute atomic E-state index is 10.9. The van der Waals surface area contributed by atoms with E-state index in [4.69, 9.17) is 0 Å². The molecule has 1 aliphatic rings. The van der Waals surface area contributed by atoms with E-state index < -0.39 is 12.3 Å². The molecule has 0 fully saturated rings. The number of cyclic esters (lactones) is 1. The Hall–Kier alpha value is -2.39. The van der Waals surface area contributed by atoms with Gasteiger partial charge >= 0.3 is 5.97 Å². The van der Waals surface area contributed by atoms with E-state index in [0.717, 1.165) is 5.56 Å². The summed E-state index contributed by atoms with van der Waals surface area (Å²) in [6, 6.07) is 8.23. The Morgan fingerprint density at radius 3 is 2.30 bits per heavy atom. The summed E-state index contributed by atoms with van der Waals surface area (Å²) in [5, 5.41) is 9.33. The zero-order chi connectivity index (χ0) is 14.4. The molecule has 1 N–H and O–H groups in total. The molecule has 1 aromatic carbocycles. The molecule has 20 heavy (non-hydrogen) atoms. The van der Waals surface area contributed by atoms with E-state index in [9.17, 15) is 9.90 Å². The van der Waals surface area contributed by atoms with E-state index in [-0.39, 0.29) is 0 Å². The van der Waals surface area contributed by atoms with Crippen molar-refractivity contribution in [3.8, 4) is 0 Å². The fourth-order valence-electron chi connectivity index (χ4n) is 1.69. The molecule has 0 amide bonds. The quantitative estimate of drug-likeness (QED) is 0.674. The second-order valence-corrected chi connectivity index (χ2v) is 4.45. The van der Waals surface area contributed by atoms with Crippen molar-refractivity contribution in [2.75, 3.05) is 0 Å². The summed E-state index contributed by atoms with van der Waals surface area (Å²) in [7, 11) is 0. The van der Waals surface area contributed by atoms with Gasteiger partial charge in [0.1, 0.15) is 0 Å². The van der Waals surface area contributed by atoms with Gasteiger partial charge in [0.15, 0.2) is 0 Å². The van der Waals surface area contributed by atoms with Crippen LogP contribution in [0.4, 0.5) is 0 Å². The number of allylic oxidation sites excluding steroid dienone is 4. The van der Waals surface area contributed by atoms with E-state index in [1.54, 1.807) is 12.2 Å². The predicted molar refractivity (Wildman–Crippen MR) is 78.7 cm³/mol. The van der Waals surface area contributed by atoms with Crippen molar-refractivity contribution in [2.24, 2.45) is 0 Å². The molecule has 1 heterocycles. The lowest BCUT2D eigenvalue weighted by Gasteiger charge is -2.01. The Labute approximate surface area is 118 Å². The molecule has 0 aromatic heterocycles. The molecule has 1 aromatic rings. The first kappa shape index (κ1) is 14.0. The molecular weight excluding hydrogens is 252 g/mol. The van der Waals surface area contributed by atoms with Crippen LogP contribution < -0.4 is 0 Å².